The van der Waals surface area contributed by atoms with Crippen LogP contribution in [0.3, 0.4) is 0 Å². The summed E-state index contributed by atoms with van der Waals surface area (Å²) in [4.78, 5) is 6.04. The molecule has 0 saturated heterocycles. The van der Waals surface area contributed by atoms with E-state index in [1.165, 1.54) is 22.7 Å². The topological polar surface area (TPSA) is 71.1 Å². The van der Waals surface area contributed by atoms with E-state index in [1.54, 1.807) is 17.8 Å². The molecular weight excluding hydrogens is 370 g/mol. The number of rotatable bonds is 6. The van der Waals surface area contributed by atoms with E-state index < -0.39 is 10.0 Å². The van der Waals surface area contributed by atoms with Crippen molar-refractivity contribution in [3.8, 4) is 0 Å². The van der Waals surface area contributed by atoms with Crippen molar-refractivity contribution < 1.29 is 8.42 Å². The standard InChI is InChI=1S/C10H12BrN3O2S3/c1-12-3-7-2-9(10(11)18-7)19(15,16)14-5-8-4-13-6-17-8/h2,4,6,12,14H,3,5H2,1H3. The Kier molecular flexibility index (Phi) is 5.09. The molecule has 9 heteroatoms. The van der Waals surface area contributed by atoms with Crippen molar-refractivity contribution in [2.45, 2.75) is 18.0 Å². The Balaban J connectivity index is 2.14. The minimum Gasteiger partial charge on any atom is -0.315 e. The van der Waals surface area contributed by atoms with Crippen LogP contribution in [0.25, 0.3) is 0 Å². The fraction of sp³-hybridized carbons (Fsp3) is 0.300. The largest absolute Gasteiger partial charge is 0.315 e. The number of thiophene rings is 1. The molecule has 2 N–H and O–H groups in total. The lowest BCUT2D eigenvalue weighted by Gasteiger charge is -2.03. The number of hydrogen-bond donors (Lipinski definition) is 2. The van der Waals surface area contributed by atoms with E-state index in [1.807, 2.05) is 7.05 Å². The van der Waals surface area contributed by atoms with Gasteiger partial charge in [0.25, 0.3) is 0 Å². The molecule has 0 fully saturated rings. The first-order valence-electron chi connectivity index (χ1n) is 5.33. The van der Waals surface area contributed by atoms with Gasteiger partial charge in [-0.05, 0) is 29.0 Å². The second-order valence-electron chi connectivity index (χ2n) is 3.67. The Morgan fingerprint density at radius 3 is 2.79 bits per heavy atom. The van der Waals surface area contributed by atoms with Crippen molar-refractivity contribution in [2.75, 3.05) is 7.05 Å². The maximum Gasteiger partial charge on any atom is 0.242 e. The fourth-order valence-electron chi connectivity index (χ4n) is 1.42. The third-order valence-corrected chi connectivity index (χ3v) is 6.70. The quantitative estimate of drug-likeness (QED) is 0.803. The number of halogens is 1. The Morgan fingerprint density at radius 2 is 2.16 bits per heavy atom. The first-order chi connectivity index (χ1) is 9.03. The van der Waals surface area contributed by atoms with Gasteiger partial charge in [0.2, 0.25) is 10.0 Å². The molecule has 2 heterocycles. The minimum absolute atomic E-state index is 0.261. The lowest BCUT2D eigenvalue weighted by atomic mass is 10.5. The van der Waals surface area contributed by atoms with Gasteiger partial charge in [0, 0.05) is 29.0 Å². The van der Waals surface area contributed by atoms with Crippen LogP contribution >= 0.6 is 38.6 Å². The second kappa shape index (κ2) is 6.42. The molecule has 0 bridgehead atoms. The predicted octanol–water partition coefficient (Wildman–Crippen LogP) is 2.17. The normalized spacial score (nSPS) is 11.9. The summed E-state index contributed by atoms with van der Waals surface area (Å²) in [6, 6.07) is 1.68. The van der Waals surface area contributed by atoms with E-state index in [2.05, 4.69) is 31.0 Å². The highest BCUT2D eigenvalue weighted by Crippen LogP contribution is 2.31. The van der Waals surface area contributed by atoms with E-state index in [0.29, 0.717) is 10.3 Å². The molecule has 104 valence electrons. The van der Waals surface area contributed by atoms with Gasteiger partial charge in [-0.2, -0.15) is 0 Å². The average Bonchev–Trinajstić information content (AvgIpc) is 2.97. The maximum absolute atomic E-state index is 12.2. The number of thiazole rings is 1. The molecule has 2 aromatic rings. The average molecular weight is 382 g/mol. The minimum atomic E-state index is -3.50. The van der Waals surface area contributed by atoms with E-state index in [0.717, 1.165) is 9.75 Å². The number of aromatic nitrogens is 1. The van der Waals surface area contributed by atoms with Crippen LogP contribution in [0.5, 0.6) is 0 Å². The highest BCUT2D eigenvalue weighted by atomic mass is 79.9. The van der Waals surface area contributed by atoms with E-state index in [9.17, 15) is 8.42 Å². The zero-order chi connectivity index (χ0) is 13.9. The van der Waals surface area contributed by atoms with Crippen LogP contribution in [0.15, 0.2) is 26.5 Å². The summed E-state index contributed by atoms with van der Waals surface area (Å²) in [6.45, 7) is 0.907. The van der Waals surface area contributed by atoms with Crippen LogP contribution in [-0.4, -0.2) is 20.4 Å². The summed E-state index contributed by atoms with van der Waals surface area (Å²) >= 11 is 6.14. The van der Waals surface area contributed by atoms with Crippen molar-refractivity contribution >= 4 is 48.6 Å². The van der Waals surface area contributed by atoms with Gasteiger partial charge in [-0.15, -0.1) is 22.7 Å². The lowest BCUT2D eigenvalue weighted by molar-refractivity contribution is 0.581. The summed E-state index contributed by atoms with van der Waals surface area (Å²) in [6.07, 6.45) is 1.66. The van der Waals surface area contributed by atoms with Gasteiger partial charge in [-0.3, -0.25) is 4.98 Å². The van der Waals surface area contributed by atoms with Gasteiger partial charge < -0.3 is 5.32 Å². The first kappa shape index (κ1) is 15.1. The fourth-order valence-corrected chi connectivity index (χ4v) is 5.74. The molecule has 2 aromatic heterocycles. The number of sulfonamides is 1. The van der Waals surface area contributed by atoms with Gasteiger partial charge in [0.05, 0.1) is 9.30 Å². The van der Waals surface area contributed by atoms with E-state index >= 15 is 0 Å². The van der Waals surface area contributed by atoms with E-state index in [-0.39, 0.29) is 11.4 Å². The molecule has 0 radical (unpaired) electrons. The Morgan fingerprint density at radius 1 is 1.37 bits per heavy atom. The van der Waals surface area contributed by atoms with Crippen molar-refractivity contribution in [2.24, 2.45) is 0 Å². The maximum atomic E-state index is 12.2. The van der Waals surface area contributed by atoms with Gasteiger partial charge in [-0.25, -0.2) is 13.1 Å². The summed E-state index contributed by atoms with van der Waals surface area (Å²) in [5.74, 6) is 0. The monoisotopic (exact) mass is 381 g/mol. The molecule has 0 aliphatic heterocycles. The highest BCUT2D eigenvalue weighted by molar-refractivity contribution is 9.11. The van der Waals surface area contributed by atoms with Crippen LogP contribution in [0.2, 0.25) is 0 Å². The van der Waals surface area contributed by atoms with Crippen LogP contribution < -0.4 is 10.0 Å². The third-order valence-electron chi connectivity index (χ3n) is 2.27. The molecule has 19 heavy (non-hydrogen) atoms. The lowest BCUT2D eigenvalue weighted by Crippen LogP contribution is -2.22. The third kappa shape index (κ3) is 3.83. The smallest absolute Gasteiger partial charge is 0.242 e. The van der Waals surface area contributed by atoms with Gasteiger partial charge in [0.1, 0.15) is 4.90 Å². The Labute approximate surface area is 128 Å². The summed E-state index contributed by atoms with van der Waals surface area (Å²) in [7, 11) is -1.68. The molecule has 2 rings (SSSR count). The van der Waals surface area contributed by atoms with Crippen molar-refractivity contribution in [1.82, 2.24) is 15.0 Å². The SMILES string of the molecule is CNCc1cc(S(=O)(=O)NCc2cncs2)c(Br)s1. The number of nitrogens with one attached hydrogen (secondary N) is 2. The molecule has 0 unspecified atom stereocenters. The Bertz CT molecular complexity index is 637. The van der Waals surface area contributed by atoms with Crippen molar-refractivity contribution in [3.05, 3.63) is 31.3 Å². The highest BCUT2D eigenvalue weighted by Gasteiger charge is 2.20. The molecule has 0 amide bonds. The first-order valence-corrected chi connectivity index (χ1v) is 9.30. The molecular formula is C10H12BrN3O2S3. The van der Waals surface area contributed by atoms with Crippen molar-refractivity contribution in [3.63, 3.8) is 0 Å². The van der Waals surface area contributed by atoms with Crippen LogP contribution in [0, 0.1) is 0 Å². The predicted molar refractivity (Wildman–Crippen MR) is 80.9 cm³/mol. The van der Waals surface area contributed by atoms with Gasteiger partial charge in [-0.1, -0.05) is 0 Å². The summed E-state index contributed by atoms with van der Waals surface area (Å²) < 4.78 is 27.6. The zero-order valence-electron chi connectivity index (χ0n) is 10.0. The molecule has 0 spiro atoms. The van der Waals surface area contributed by atoms with Crippen LogP contribution in [0.1, 0.15) is 9.75 Å². The van der Waals surface area contributed by atoms with Gasteiger partial charge >= 0.3 is 0 Å². The van der Waals surface area contributed by atoms with Crippen molar-refractivity contribution in [1.29, 1.82) is 0 Å². The molecule has 0 atom stereocenters. The summed E-state index contributed by atoms with van der Waals surface area (Å²) in [5.41, 5.74) is 1.68. The van der Waals surface area contributed by atoms with Gasteiger partial charge in [0.15, 0.2) is 0 Å². The zero-order valence-corrected chi connectivity index (χ0v) is 14.0. The molecule has 0 saturated carbocycles. The van der Waals surface area contributed by atoms with E-state index in [4.69, 9.17) is 0 Å². The van der Waals surface area contributed by atoms with Crippen LogP contribution in [-0.2, 0) is 23.1 Å². The van der Waals surface area contributed by atoms with Crippen LogP contribution in [0.4, 0.5) is 0 Å². The number of hydrogen-bond acceptors (Lipinski definition) is 6. The second-order valence-corrected chi connectivity index (χ2v) is 8.83. The molecule has 0 aliphatic carbocycles. The Hall–Kier alpha value is -0.320. The number of nitrogens with zero attached hydrogens (tertiary/aromatic N) is 1. The molecule has 5 nitrogen and oxygen atoms in total. The summed E-state index contributed by atoms with van der Waals surface area (Å²) in [5, 5.41) is 3.00. The molecule has 0 aromatic carbocycles. The molecule has 0 aliphatic rings.